The van der Waals surface area contributed by atoms with Gasteiger partial charge >= 0.3 is 5.97 Å². The highest BCUT2D eigenvalue weighted by Gasteiger charge is 2.20. The smallest absolute Gasteiger partial charge is 0.328 e. The maximum atomic E-state index is 10.5. The van der Waals surface area contributed by atoms with Crippen molar-refractivity contribution in [1.29, 1.82) is 0 Å². The third-order valence-electron chi connectivity index (χ3n) is 2.64. The van der Waals surface area contributed by atoms with Crippen molar-refractivity contribution in [3.63, 3.8) is 0 Å². The third kappa shape index (κ3) is 4.25. The molecule has 6 nitrogen and oxygen atoms in total. The second-order valence-corrected chi connectivity index (χ2v) is 3.99. The van der Waals surface area contributed by atoms with Gasteiger partial charge in [0.05, 0.1) is 7.11 Å². The average Bonchev–Trinajstić information content (AvgIpc) is 2.42. The Morgan fingerprint density at radius 1 is 1.45 bits per heavy atom. The maximum absolute atomic E-state index is 10.5. The van der Waals surface area contributed by atoms with Crippen molar-refractivity contribution < 1.29 is 29.6 Å². The standard InChI is InChI=1S/C14H18O6/c1-3-20-12(6-7-13(16)17)14(18)9-4-5-11(19-2)10(15)8-9/h4-8,12,14-15,18H,3H2,1-2H3,(H,16,17)/b7-6+/t12-,14-/m1/s1. The molecule has 0 aliphatic carbocycles. The Bertz CT molecular complexity index is 483. The summed E-state index contributed by atoms with van der Waals surface area (Å²) in [7, 11) is 1.42. The van der Waals surface area contributed by atoms with Gasteiger partial charge in [0.2, 0.25) is 0 Å². The Kier molecular flexibility index (Phi) is 6.02. The number of methoxy groups -OCH3 is 1. The SMILES string of the molecule is CCO[C@H](/C=C/C(=O)O)[C@H](O)c1ccc(OC)c(O)c1. The summed E-state index contributed by atoms with van der Waals surface area (Å²) >= 11 is 0. The first-order valence-electron chi connectivity index (χ1n) is 6.07. The quantitative estimate of drug-likeness (QED) is 0.655. The molecule has 3 N–H and O–H groups in total. The van der Waals surface area contributed by atoms with Crippen LogP contribution >= 0.6 is 0 Å². The summed E-state index contributed by atoms with van der Waals surface area (Å²) in [5, 5.41) is 28.5. The summed E-state index contributed by atoms with van der Waals surface area (Å²) in [6.45, 7) is 2.05. The summed E-state index contributed by atoms with van der Waals surface area (Å²) in [4.78, 5) is 10.5. The van der Waals surface area contributed by atoms with Gasteiger partial charge in [0.25, 0.3) is 0 Å². The number of hydrogen-bond donors (Lipinski definition) is 3. The van der Waals surface area contributed by atoms with E-state index in [0.717, 1.165) is 6.08 Å². The van der Waals surface area contributed by atoms with Gasteiger partial charge in [-0.25, -0.2) is 4.79 Å². The molecule has 0 saturated carbocycles. The van der Waals surface area contributed by atoms with E-state index in [4.69, 9.17) is 14.6 Å². The van der Waals surface area contributed by atoms with E-state index >= 15 is 0 Å². The zero-order valence-electron chi connectivity index (χ0n) is 11.3. The normalized spacial score (nSPS) is 14.2. The number of ether oxygens (including phenoxy) is 2. The van der Waals surface area contributed by atoms with E-state index in [9.17, 15) is 15.0 Å². The summed E-state index contributed by atoms with van der Waals surface area (Å²) in [6.07, 6.45) is 0.260. The molecule has 1 aromatic rings. The molecule has 2 atom stereocenters. The van der Waals surface area contributed by atoms with Crippen LogP contribution in [0.1, 0.15) is 18.6 Å². The van der Waals surface area contributed by atoms with Crippen LogP contribution < -0.4 is 4.74 Å². The third-order valence-corrected chi connectivity index (χ3v) is 2.64. The van der Waals surface area contributed by atoms with Crippen LogP contribution in [0.3, 0.4) is 0 Å². The number of aliphatic carboxylic acids is 1. The van der Waals surface area contributed by atoms with Crippen molar-refractivity contribution in [2.45, 2.75) is 19.1 Å². The molecule has 0 spiro atoms. The summed E-state index contributed by atoms with van der Waals surface area (Å²) in [5.41, 5.74) is 0.400. The van der Waals surface area contributed by atoms with Crippen LogP contribution in [0.2, 0.25) is 0 Å². The van der Waals surface area contributed by atoms with Crippen LogP contribution in [-0.2, 0) is 9.53 Å². The highest BCUT2D eigenvalue weighted by molar-refractivity contribution is 5.79. The predicted molar refractivity (Wildman–Crippen MR) is 71.8 cm³/mol. The zero-order valence-corrected chi connectivity index (χ0v) is 11.3. The predicted octanol–water partition coefficient (Wildman–Crippen LogP) is 1.48. The number of carboxylic acids is 1. The van der Waals surface area contributed by atoms with Crippen LogP contribution in [0, 0.1) is 0 Å². The lowest BCUT2D eigenvalue weighted by atomic mass is 10.0. The van der Waals surface area contributed by atoms with E-state index in [1.165, 1.54) is 25.3 Å². The van der Waals surface area contributed by atoms with E-state index in [-0.39, 0.29) is 11.5 Å². The molecule has 0 radical (unpaired) electrons. The van der Waals surface area contributed by atoms with Crippen molar-refractivity contribution >= 4 is 5.97 Å². The first kappa shape index (κ1) is 16.0. The average molecular weight is 282 g/mol. The van der Waals surface area contributed by atoms with Crippen LogP contribution in [0.25, 0.3) is 0 Å². The van der Waals surface area contributed by atoms with Gasteiger partial charge < -0.3 is 24.8 Å². The van der Waals surface area contributed by atoms with Gasteiger partial charge in [-0.1, -0.05) is 6.07 Å². The largest absolute Gasteiger partial charge is 0.504 e. The Labute approximate surface area is 116 Å². The van der Waals surface area contributed by atoms with Crippen molar-refractivity contribution in [2.24, 2.45) is 0 Å². The van der Waals surface area contributed by atoms with Crippen LogP contribution in [-0.4, -0.2) is 41.1 Å². The minimum absolute atomic E-state index is 0.110. The summed E-state index contributed by atoms with van der Waals surface area (Å²) < 4.78 is 10.2. The second kappa shape index (κ2) is 7.52. The maximum Gasteiger partial charge on any atom is 0.328 e. The Morgan fingerprint density at radius 3 is 2.65 bits per heavy atom. The van der Waals surface area contributed by atoms with Crippen molar-refractivity contribution in [2.75, 3.05) is 13.7 Å². The molecule has 0 aromatic heterocycles. The summed E-state index contributed by atoms with van der Waals surface area (Å²) in [6, 6.07) is 4.44. The lowest BCUT2D eigenvalue weighted by Gasteiger charge is -2.20. The molecule has 0 bridgehead atoms. The Morgan fingerprint density at radius 2 is 2.15 bits per heavy atom. The van der Waals surface area contributed by atoms with Gasteiger partial charge in [0, 0.05) is 12.7 Å². The lowest BCUT2D eigenvalue weighted by molar-refractivity contribution is -0.131. The first-order valence-corrected chi connectivity index (χ1v) is 6.07. The second-order valence-electron chi connectivity index (χ2n) is 3.99. The van der Waals surface area contributed by atoms with Crippen LogP contribution in [0.4, 0.5) is 0 Å². The van der Waals surface area contributed by atoms with E-state index in [2.05, 4.69) is 0 Å². The first-order chi connectivity index (χ1) is 9.49. The van der Waals surface area contributed by atoms with Crippen LogP contribution in [0.5, 0.6) is 11.5 Å². The van der Waals surface area contributed by atoms with Crippen molar-refractivity contribution in [1.82, 2.24) is 0 Å². The minimum atomic E-state index is -1.13. The fourth-order valence-corrected chi connectivity index (χ4v) is 1.70. The fraction of sp³-hybridized carbons (Fsp3) is 0.357. The van der Waals surface area contributed by atoms with Crippen LogP contribution in [0.15, 0.2) is 30.4 Å². The molecule has 1 rings (SSSR count). The van der Waals surface area contributed by atoms with Gasteiger partial charge in [0.1, 0.15) is 12.2 Å². The van der Waals surface area contributed by atoms with E-state index in [1.807, 2.05) is 0 Å². The van der Waals surface area contributed by atoms with Gasteiger partial charge in [-0.3, -0.25) is 0 Å². The fourth-order valence-electron chi connectivity index (χ4n) is 1.70. The topological polar surface area (TPSA) is 96.2 Å². The number of carboxylic acid groups (broad SMARTS) is 1. The number of carbonyl (C=O) groups is 1. The van der Waals surface area contributed by atoms with Gasteiger partial charge in [-0.05, 0) is 30.7 Å². The number of hydrogen-bond acceptors (Lipinski definition) is 5. The summed E-state index contributed by atoms with van der Waals surface area (Å²) in [5.74, 6) is -0.948. The molecular formula is C14H18O6. The molecule has 6 heteroatoms. The molecule has 20 heavy (non-hydrogen) atoms. The molecule has 0 unspecified atom stereocenters. The molecule has 0 heterocycles. The molecule has 0 fully saturated rings. The zero-order chi connectivity index (χ0) is 15.1. The molecule has 0 saturated heterocycles. The number of aliphatic hydroxyl groups excluding tert-OH is 1. The highest BCUT2D eigenvalue weighted by Crippen LogP contribution is 2.30. The number of aliphatic hydroxyl groups is 1. The van der Waals surface area contributed by atoms with Gasteiger partial charge in [-0.2, -0.15) is 0 Å². The van der Waals surface area contributed by atoms with E-state index in [0.29, 0.717) is 12.2 Å². The Balaban J connectivity index is 2.96. The van der Waals surface area contributed by atoms with Crippen molar-refractivity contribution in [3.8, 4) is 11.5 Å². The number of phenolic OH excluding ortho intramolecular Hbond substituents is 1. The highest BCUT2D eigenvalue weighted by atomic mass is 16.5. The van der Waals surface area contributed by atoms with Crippen molar-refractivity contribution in [3.05, 3.63) is 35.9 Å². The Hall–Kier alpha value is -2.05. The number of benzene rings is 1. The molecule has 110 valence electrons. The molecule has 1 aromatic carbocycles. The van der Waals surface area contributed by atoms with Gasteiger partial charge in [-0.15, -0.1) is 0 Å². The number of phenols is 1. The molecule has 0 amide bonds. The molecule has 0 aliphatic heterocycles. The molecular weight excluding hydrogens is 264 g/mol. The molecule has 0 aliphatic rings. The van der Waals surface area contributed by atoms with E-state index < -0.39 is 18.2 Å². The minimum Gasteiger partial charge on any atom is -0.504 e. The van der Waals surface area contributed by atoms with E-state index in [1.54, 1.807) is 13.0 Å². The lowest BCUT2D eigenvalue weighted by Crippen LogP contribution is -2.20. The number of rotatable bonds is 7. The van der Waals surface area contributed by atoms with Gasteiger partial charge in [0.15, 0.2) is 11.5 Å². The number of aromatic hydroxyl groups is 1. The monoisotopic (exact) mass is 282 g/mol.